The minimum absolute atomic E-state index is 0.0703. The maximum Gasteiger partial charge on any atom is 0.275 e. The smallest absolute Gasteiger partial charge is 0.275 e. The van der Waals surface area contributed by atoms with E-state index in [1.54, 1.807) is 59.4 Å². The zero-order valence-corrected chi connectivity index (χ0v) is 18.3. The Hall–Kier alpha value is -3.00. The molecule has 2 heterocycles. The second-order valence-corrected chi connectivity index (χ2v) is 7.81. The summed E-state index contributed by atoms with van der Waals surface area (Å²) in [6, 6.07) is 15.5. The van der Waals surface area contributed by atoms with Crippen LogP contribution in [0.3, 0.4) is 0 Å². The van der Waals surface area contributed by atoms with Gasteiger partial charge in [0, 0.05) is 33.5 Å². The third-order valence-electron chi connectivity index (χ3n) is 4.35. The maximum atomic E-state index is 12.7. The number of aromatic nitrogens is 4. The Balaban J connectivity index is 1.39. The number of carbonyl (C=O) groups excluding carboxylic acids is 1. The molecule has 158 valence electrons. The van der Waals surface area contributed by atoms with Crippen molar-refractivity contribution < 1.29 is 9.53 Å². The molecule has 1 amide bonds. The van der Waals surface area contributed by atoms with Crippen LogP contribution in [0.5, 0.6) is 5.75 Å². The molecule has 2 aromatic heterocycles. The lowest BCUT2D eigenvalue weighted by Crippen LogP contribution is -2.20. The minimum atomic E-state index is -0.355. The van der Waals surface area contributed by atoms with Gasteiger partial charge in [0.1, 0.15) is 11.4 Å². The molecule has 0 bridgehead atoms. The Bertz CT molecular complexity index is 1200. The molecule has 0 saturated carbocycles. The lowest BCUT2D eigenvalue weighted by atomic mass is 10.2. The van der Waals surface area contributed by atoms with E-state index in [0.29, 0.717) is 38.9 Å². The molecule has 0 fully saturated rings. The zero-order valence-electron chi connectivity index (χ0n) is 16.0. The van der Waals surface area contributed by atoms with Crippen LogP contribution in [0.1, 0.15) is 16.1 Å². The van der Waals surface area contributed by atoms with Gasteiger partial charge in [0.15, 0.2) is 12.5 Å². The molecule has 1 N–H and O–H groups in total. The van der Waals surface area contributed by atoms with Gasteiger partial charge in [-0.2, -0.15) is 10.2 Å². The molecule has 2 aromatic carbocycles. The largest absolute Gasteiger partial charge is 0.471 e. The van der Waals surface area contributed by atoms with Crippen LogP contribution in [0.15, 0.2) is 67.0 Å². The van der Waals surface area contributed by atoms with Crippen molar-refractivity contribution in [2.24, 2.45) is 0 Å². The van der Waals surface area contributed by atoms with Crippen LogP contribution in [-0.2, 0) is 13.3 Å². The minimum Gasteiger partial charge on any atom is -0.471 e. The van der Waals surface area contributed by atoms with E-state index in [0.717, 1.165) is 5.56 Å². The summed E-state index contributed by atoms with van der Waals surface area (Å²) in [7, 11) is 0. The van der Waals surface area contributed by atoms with E-state index in [-0.39, 0.29) is 12.6 Å². The number of rotatable bonds is 7. The monoisotopic (exact) mass is 475 g/mol. The molecule has 0 aliphatic rings. The third-order valence-corrected chi connectivity index (χ3v) is 5.18. The molecule has 0 aliphatic carbocycles. The molecular formula is C21H16Cl3N5O2. The highest BCUT2D eigenvalue weighted by atomic mass is 35.5. The van der Waals surface area contributed by atoms with Crippen LogP contribution in [0, 0.1) is 0 Å². The summed E-state index contributed by atoms with van der Waals surface area (Å²) in [5.41, 5.74) is 1.20. The highest BCUT2D eigenvalue weighted by Crippen LogP contribution is 2.22. The van der Waals surface area contributed by atoms with Crippen LogP contribution in [-0.4, -0.2) is 25.5 Å². The molecule has 10 heteroatoms. The second kappa shape index (κ2) is 9.43. The number of benzene rings is 2. The molecule has 0 saturated heterocycles. The van der Waals surface area contributed by atoms with E-state index in [1.807, 2.05) is 6.07 Å². The lowest BCUT2D eigenvalue weighted by molar-refractivity contribution is 0.100. The van der Waals surface area contributed by atoms with Gasteiger partial charge in [-0.05, 0) is 48.0 Å². The van der Waals surface area contributed by atoms with Gasteiger partial charge in [-0.1, -0.05) is 40.9 Å². The van der Waals surface area contributed by atoms with E-state index in [4.69, 9.17) is 39.5 Å². The number of nitrogens with zero attached hydrogens (tertiary/aromatic N) is 4. The third kappa shape index (κ3) is 5.38. The maximum absolute atomic E-state index is 12.7. The summed E-state index contributed by atoms with van der Waals surface area (Å²) in [6.45, 7) is 0.514. The van der Waals surface area contributed by atoms with Gasteiger partial charge in [-0.25, -0.2) is 4.68 Å². The van der Waals surface area contributed by atoms with Gasteiger partial charge in [-0.15, -0.1) is 0 Å². The highest BCUT2D eigenvalue weighted by Gasteiger charge is 2.14. The quantitative estimate of drug-likeness (QED) is 0.389. The first kappa shape index (κ1) is 21.2. The van der Waals surface area contributed by atoms with Crippen LogP contribution < -0.4 is 10.1 Å². The van der Waals surface area contributed by atoms with Gasteiger partial charge < -0.3 is 10.1 Å². The molecule has 0 aliphatic heterocycles. The average molecular weight is 477 g/mol. The summed E-state index contributed by atoms with van der Waals surface area (Å²) in [4.78, 5) is 12.7. The van der Waals surface area contributed by atoms with Gasteiger partial charge in [-0.3, -0.25) is 9.48 Å². The Morgan fingerprint density at radius 2 is 1.77 bits per heavy atom. The van der Waals surface area contributed by atoms with E-state index in [1.165, 1.54) is 10.9 Å². The van der Waals surface area contributed by atoms with E-state index in [2.05, 4.69) is 15.5 Å². The standard InChI is InChI=1S/C21H16Cl3N5O2/c22-15-3-5-17(6-4-15)31-13-29-19(7-9-25-29)21(30)26-20-8-10-28(27-20)12-14-1-2-16(23)11-18(14)24/h1-11H,12-13H2,(H,26,27,30). The normalized spacial score (nSPS) is 10.8. The van der Waals surface area contributed by atoms with Crippen molar-refractivity contribution in [3.63, 3.8) is 0 Å². The van der Waals surface area contributed by atoms with Crippen molar-refractivity contribution >= 4 is 46.5 Å². The first-order chi connectivity index (χ1) is 15.0. The molecule has 0 atom stereocenters. The lowest BCUT2D eigenvalue weighted by Gasteiger charge is -2.09. The Labute approximate surface area is 193 Å². The summed E-state index contributed by atoms with van der Waals surface area (Å²) < 4.78 is 8.78. The van der Waals surface area contributed by atoms with Gasteiger partial charge in [0.2, 0.25) is 0 Å². The summed E-state index contributed by atoms with van der Waals surface area (Å²) >= 11 is 18.0. The molecule has 7 nitrogen and oxygen atoms in total. The fourth-order valence-corrected chi connectivity index (χ4v) is 3.41. The Morgan fingerprint density at radius 1 is 1.00 bits per heavy atom. The van der Waals surface area contributed by atoms with Crippen molar-refractivity contribution in [1.82, 2.24) is 19.6 Å². The SMILES string of the molecule is O=C(Nc1ccn(Cc2ccc(Cl)cc2Cl)n1)c1ccnn1COc1ccc(Cl)cc1. The number of nitrogens with one attached hydrogen (secondary N) is 1. The first-order valence-electron chi connectivity index (χ1n) is 9.17. The van der Waals surface area contributed by atoms with Crippen LogP contribution in [0.2, 0.25) is 15.1 Å². The predicted molar refractivity (Wildman–Crippen MR) is 120 cm³/mol. The number of halogens is 3. The number of anilines is 1. The number of amides is 1. The summed E-state index contributed by atoms with van der Waals surface area (Å²) in [5.74, 6) is 0.666. The molecule has 0 radical (unpaired) electrons. The molecule has 0 spiro atoms. The topological polar surface area (TPSA) is 74.0 Å². The predicted octanol–water partition coefficient (Wildman–Crippen LogP) is 5.38. The van der Waals surface area contributed by atoms with E-state index < -0.39 is 0 Å². The van der Waals surface area contributed by atoms with Gasteiger partial charge in [0.05, 0.1) is 6.54 Å². The second-order valence-electron chi connectivity index (χ2n) is 6.53. The van der Waals surface area contributed by atoms with Crippen molar-refractivity contribution in [2.45, 2.75) is 13.3 Å². The van der Waals surface area contributed by atoms with E-state index in [9.17, 15) is 4.79 Å². The van der Waals surface area contributed by atoms with Crippen LogP contribution in [0.25, 0.3) is 0 Å². The van der Waals surface area contributed by atoms with Crippen LogP contribution >= 0.6 is 34.8 Å². The molecule has 4 rings (SSSR count). The Morgan fingerprint density at radius 3 is 2.55 bits per heavy atom. The number of hydrogen-bond donors (Lipinski definition) is 1. The summed E-state index contributed by atoms with van der Waals surface area (Å²) in [6.07, 6.45) is 3.28. The van der Waals surface area contributed by atoms with Crippen LogP contribution in [0.4, 0.5) is 5.82 Å². The van der Waals surface area contributed by atoms with Crippen molar-refractivity contribution in [1.29, 1.82) is 0 Å². The number of carbonyl (C=O) groups is 1. The average Bonchev–Trinajstić information content (AvgIpc) is 3.39. The number of ether oxygens (including phenoxy) is 1. The molecular weight excluding hydrogens is 461 g/mol. The first-order valence-corrected chi connectivity index (χ1v) is 10.3. The van der Waals surface area contributed by atoms with Gasteiger partial charge >= 0.3 is 0 Å². The fraction of sp³-hybridized carbons (Fsp3) is 0.0952. The molecule has 4 aromatic rings. The van der Waals surface area contributed by atoms with Crippen molar-refractivity contribution in [2.75, 3.05) is 5.32 Å². The molecule has 0 unspecified atom stereocenters. The number of hydrogen-bond acceptors (Lipinski definition) is 4. The highest BCUT2D eigenvalue weighted by molar-refractivity contribution is 6.35. The van der Waals surface area contributed by atoms with Crippen molar-refractivity contribution in [3.05, 3.63) is 93.3 Å². The van der Waals surface area contributed by atoms with Gasteiger partial charge in [0.25, 0.3) is 5.91 Å². The molecule has 31 heavy (non-hydrogen) atoms. The summed E-state index contributed by atoms with van der Waals surface area (Å²) in [5, 5.41) is 13.0. The van der Waals surface area contributed by atoms with E-state index >= 15 is 0 Å². The zero-order chi connectivity index (χ0) is 21.8. The Kier molecular flexibility index (Phi) is 6.46. The van der Waals surface area contributed by atoms with Crippen molar-refractivity contribution in [3.8, 4) is 5.75 Å². The fourth-order valence-electron chi connectivity index (χ4n) is 2.82.